The zero-order valence-corrected chi connectivity index (χ0v) is 15.4. The van der Waals surface area contributed by atoms with Crippen molar-refractivity contribution in [3.63, 3.8) is 0 Å². The first-order valence-electron chi connectivity index (χ1n) is 7.43. The summed E-state index contributed by atoms with van der Waals surface area (Å²) < 4.78 is 13.9. The van der Waals surface area contributed by atoms with Crippen LogP contribution < -0.4 is 5.73 Å². The molecule has 0 aliphatic rings. The summed E-state index contributed by atoms with van der Waals surface area (Å²) in [5.74, 6) is -1.70. The first-order chi connectivity index (χ1) is 11.7. The molecule has 0 radical (unpaired) electrons. The molecular formula is C16H19N3O5S. The van der Waals surface area contributed by atoms with Crippen LogP contribution in [-0.2, 0) is 9.47 Å². The molecule has 0 aliphatic heterocycles. The number of carbonyl (C=O) groups excluding carboxylic acids is 3. The summed E-state index contributed by atoms with van der Waals surface area (Å²) in [6, 6.07) is 0. The number of nitrogen functional groups attached to an aromatic ring is 1. The maximum absolute atomic E-state index is 12.6. The first kappa shape index (κ1) is 18.7. The number of hydrogen-bond donors (Lipinski definition) is 2. The number of H-pyrrole nitrogens is 1. The van der Waals surface area contributed by atoms with Crippen LogP contribution in [0, 0.1) is 20.8 Å². The molecule has 2 aromatic rings. The molecule has 1 atom stereocenters. The van der Waals surface area contributed by atoms with Gasteiger partial charge >= 0.3 is 11.9 Å². The van der Waals surface area contributed by atoms with Gasteiger partial charge in [-0.05, 0) is 44.8 Å². The molecule has 1 unspecified atom stereocenters. The van der Waals surface area contributed by atoms with Crippen molar-refractivity contribution in [2.45, 2.75) is 33.8 Å². The average molecular weight is 365 g/mol. The maximum atomic E-state index is 12.6. The molecular weight excluding hydrogens is 346 g/mol. The summed E-state index contributed by atoms with van der Waals surface area (Å²) in [7, 11) is 1.27. The first-order valence-corrected chi connectivity index (χ1v) is 8.20. The molecule has 0 saturated carbocycles. The largest absolute Gasteiger partial charge is 0.465 e. The summed E-state index contributed by atoms with van der Waals surface area (Å²) in [4.78, 5) is 39.5. The lowest BCUT2D eigenvalue weighted by Crippen LogP contribution is -2.26. The van der Waals surface area contributed by atoms with E-state index in [1.54, 1.807) is 20.8 Å². The van der Waals surface area contributed by atoms with Crippen LogP contribution in [-0.4, -0.2) is 40.3 Å². The third-order valence-corrected chi connectivity index (χ3v) is 4.59. The second kappa shape index (κ2) is 7.06. The summed E-state index contributed by atoms with van der Waals surface area (Å²) in [5.41, 5.74) is 7.79. The monoisotopic (exact) mass is 365 g/mol. The number of nitrogens with zero attached hydrogens (tertiary/aromatic N) is 1. The predicted molar refractivity (Wildman–Crippen MR) is 92.1 cm³/mol. The summed E-state index contributed by atoms with van der Waals surface area (Å²) >= 11 is 0.989. The highest BCUT2D eigenvalue weighted by molar-refractivity contribution is 7.10. The third-order valence-electron chi connectivity index (χ3n) is 3.82. The Hall–Kier alpha value is -2.68. The van der Waals surface area contributed by atoms with E-state index >= 15 is 0 Å². The number of aromatic nitrogens is 2. The van der Waals surface area contributed by atoms with Crippen molar-refractivity contribution in [2.24, 2.45) is 0 Å². The minimum absolute atomic E-state index is 0.166. The molecule has 3 N–H and O–H groups in total. The standard InChI is InChI=1S/C16H19N3O5S/c1-6-10(15(21)23-5)7(2)18-12(6)13(20)9(4)24-16(22)11-8(3)19-25-14(11)17/h9,18H,17H2,1-5H3. The number of aromatic amines is 1. The number of esters is 2. The van der Waals surface area contributed by atoms with Crippen molar-refractivity contribution in [1.29, 1.82) is 0 Å². The van der Waals surface area contributed by atoms with Gasteiger partial charge in [-0.1, -0.05) is 0 Å². The van der Waals surface area contributed by atoms with E-state index in [0.29, 0.717) is 22.5 Å². The number of rotatable bonds is 5. The molecule has 0 saturated heterocycles. The Kier molecular flexibility index (Phi) is 5.27. The van der Waals surface area contributed by atoms with Crippen LogP contribution in [0.4, 0.5) is 5.00 Å². The molecule has 2 aromatic heterocycles. The lowest BCUT2D eigenvalue weighted by Gasteiger charge is -2.12. The van der Waals surface area contributed by atoms with Crippen LogP contribution in [0.2, 0.25) is 0 Å². The van der Waals surface area contributed by atoms with Gasteiger partial charge in [-0.3, -0.25) is 4.79 Å². The fourth-order valence-electron chi connectivity index (χ4n) is 2.52. The van der Waals surface area contributed by atoms with Crippen LogP contribution >= 0.6 is 11.5 Å². The van der Waals surface area contributed by atoms with Gasteiger partial charge in [0.05, 0.1) is 24.1 Å². The second-order valence-electron chi connectivity index (χ2n) is 5.54. The van der Waals surface area contributed by atoms with Crippen LogP contribution in [0.25, 0.3) is 0 Å². The highest BCUT2D eigenvalue weighted by atomic mass is 32.1. The van der Waals surface area contributed by atoms with E-state index in [4.69, 9.17) is 15.2 Å². The Morgan fingerprint density at radius 2 is 1.80 bits per heavy atom. The number of carbonyl (C=O) groups is 3. The molecule has 0 spiro atoms. The molecule has 0 amide bonds. The summed E-state index contributed by atoms with van der Waals surface area (Å²) in [6.07, 6.45) is -1.06. The molecule has 8 nitrogen and oxygen atoms in total. The predicted octanol–water partition coefficient (Wildman–Crippen LogP) is 2.19. The van der Waals surface area contributed by atoms with Crippen LogP contribution in [0.3, 0.4) is 0 Å². The number of anilines is 1. The average Bonchev–Trinajstić information content (AvgIpc) is 3.04. The van der Waals surface area contributed by atoms with E-state index < -0.39 is 23.8 Å². The zero-order chi connectivity index (χ0) is 18.9. The number of nitrogens with one attached hydrogen (secondary N) is 1. The minimum atomic E-state index is -1.06. The van der Waals surface area contributed by atoms with Gasteiger partial charge in [0.1, 0.15) is 10.6 Å². The van der Waals surface area contributed by atoms with Crippen molar-refractivity contribution in [2.75, 3.05) is 12.8 Å². The topological polar surface area (TPSA) is 124 Å². The van der Waals surface area contributed by atoms with Crippen molar-refractivity contribution < 1.29 is 23.9 Å². The quantitative estimate of drug-likeness (QED) is 0.614. The van der Waals surface area contributed by atoms with Gasteiger partial charge in [0.2, 0.25) is 5.78 Å². The van der Waals surface area contributed by atoms with Crippen molar-refractivity contribution in [3.8, 4) is 0 Å². The highest BCUT2D eigenvalue weighted by Gasteiger charge is 2.29. The van der Waals surface area contributed by atoms with Gasteiger partial charge in [-0.25, -0.2) is 9.59 Å². The van der Waals surface area contributed by atoms with Crippen molar-refractivity contribution in [3.05, 3.63) is 33.8 Å². The molecule has 2 rings (SSSR count). The molecule has 134 valence electrons. The van der Waals surface area contributed by atoms with Gasteiger partial charge in [0.15, 0.2) is 6.10 Å². The Balaban J connectivity index is 2.24. The lowest BCUT2D eigenvalue weighted by molar-refractivity contribution is 0.0317. The third kappa shape index (κ3) is 3.41. The van der Waals surface area contributed by atoms with Gasteiger partial charge in [-0.2, -0.15) is 4.37 Å². The lowest BCUT2D eigenvalue weighted by atomic mass is 10.1. The zero-order valence-electron chi connectivity index (χ0n) is 14.6. The van der Waals surface area contributed by atoms with Gasteiger partial charge in [0.25, 0.3) is 0 Å². The number of Topliss-reactive ketones (excluding diaryl/α,β-unsaturated/α-hetero) is 1. The fraction of sp³-hybridized carbons (Fsp3) is 0.375. The van der Waals surface area contributed by atoms with E-state index in [1.165, 1.54) is 14.0 Å². The van der Waals surface area contributed by atoms with E-state index in [1.807, 2.05) is 0 Å². The van der Waals surface area contributed by atoms with Crippen LogP contribution in [0.1, 0.15) is 55.1 Å². The Morgan fingerprint density at radius 3 is 2.32 bits per heavy atom. The molecule has 0 fully saturated rings. The number of hydrogen-bond acceptors (Lipinski definition) is 8. The minimum Gasteiger partial charge on any atom is -0.465 e. The van der Waals surface area contributed by atoms with E-state index in [2.05, 4.69) is 9.36 Å². The van der Waals surface area contributed by atoms with Crippen molar-refractivity contribution in [1.82, 2.24) is 9.36 Å². The summed E-state index contributed by atoms with van der Waals surface area (Å²) in [6.45, 7) is 6.38. The van der Waals surface area contributed by atoms with Gasteiger partial charge < -0.3 is 20.2 Å². The molecule has 0 bridgehead atoms. The van der Waals surface area contributed by atoms with E-state index in [-0.39, 0.29) is 16.3 Å². The van der Waals surface area contributed by atoms with Crippen LogP contribution in [0.5, 0.6) is 0 Å². The van der Waals surface area contributed by atoms with Gasteiger partial charge in [0, 0.05) is 5.69 Å². The Bertz CT molecular complexity index is 833. The molecule has 2 heterocycles. The van der Waals surface area contributed by atoms with E-state index in [0.717, 1.165) is 11.5 Å². The normalized spacial score (nSPS) is 11.9. The SMILES string of the molecule is COC(=O)c1c(C)[nH]c(C(=O)C(C)OC(=O)c2c(C)nsc2N)c1C. The highest BCUT2D eigenvalue weighted by Crippen LogP contribution is 2.24. The Morgan fingerprint density at radius 1 is 1.16 bits per heavy atom. The fourth-order valence-corrected chi connectivity index (χ4v) is 3.17. The number of aryl methyl sites for hydroxylation is 2. The number of ether oxygens (including phenoxy) is 2. The molecule has 0 aromatic carbocycles. The van der Waals surface area contributed by atoms with E-state index in [9.17, 15) is 14.4 Å². The van der Waals surface area contributed by atoms with Crippen molar-refractivity contribution >= 4 is 34.3 Å². The van der Waals surface area contributed by atoms with Gasteiger partial charge in [-0.15, -0.1) is 0 Å². The molecule has 9 heteroatoms. The molecule has 0 aliphatic carbocycles. The number of ketones is 1. The number of methoxy groups -OCH3 is 1. The second-order valence-corrected chi connectivity index (χ2v) is 6.34. The number of nitrogens with two attached hydrogens (primary N) is 1. The maximum Gasteiger partial charge on any atom is 0.343 e. The summed E-state index contributed by atoms with van der Waals surface area (Å²) in [5, 5.41) is 0.238. The smallest absolute Gasteiger partial charge is 0.343 e. The Labute approximate surface area is 148 Å². The molecule has 25 heavy (non-hydrogen) atoms. The van der Waals surface area contributed by atoms with Crippen LogP contribution in [0.15, 0.2) is 0 Å².